The molecule has 104 valence electrons. The third-order valence-corrected chi connectivity index (χ3v) is 3.87. The minimum absolute atomic E-state index is 0.398. The average Bonchev–Trinajstić information content (AvgIpc) is 2.78. The van der Waals surface area contributed by atoms with Gasteiger partial charge in [0.1, 0.15) is 0 Å². The van der Waals surface area contributed by atoms with E-state index in [1.54, 1.807) is 6.07 Å². The quantitative estimate of drug-likeness (QED) is 0.879. The van der Waals surface area contributed by atoms with Crippen LogP contribution in [-0.4, -0.2) is 55.1 Å². The summed E-state index contributed by atoms with van der Waals surface area (Å²) < 4.78 is 0. The van der Waals surface area contributed by atoms with E-state index in [1.165, 1.54) is 11.1 Å². The Hall–Kier alpha value is -1.39. The molecule has 2 rings (SSSR count). The Balaban J connectivity index is 2.11. The second kappa shape index (κ2) is 5.72. The van der Waals surface area contributed by atoms with Crippen LogP contribution in [-0.2, 0) is 6.42 Å². The number of aromatic carboxylic acids is 1. The van der Waals surface area contributed by atoms with Gasteiger partial charge in [-0.25, -0.2) is 4.79 Å². The number of fused-ring (bicyclic) bond motifs is 1. The van der Waals surface area contributed by atoms with Crippen LogP contribution in [0.25, 0.3) is 0 Å². The fourth-order valence-electron chi connectivity index (χ4n) is 2.70. The predicted molar refractivity (Wildman–Crippen MR) is 75.6 cm³/mol. The molecule has 1 atom stereocenters. The molecule has 19 heavy (non-hydrogen) atoms. The SMILES string of the molecule is CN(C)CCN(C)[C@H]1CCc2cc(C(=O)O)ccc21. The summed E-state index contributed by atoms with van der Waals surface area (Å²) in [4.78, 5) is 15.5. The lowest BCUT2D eigenvalue weighted by atomic mass is 10.0. The molecule has 0 bridgehead atoms. The van der Waals surface area contributed by atoms with Gasteiger partial charge in [-0.05, 0) is 57.2 Å². The van der Waals surface area contributed by atoms with E-state index < -0.39 is 5.97 Å². The van der Waals surface area contributed by atoms with Crippen molar-refractivity contribution in [3.8, 4) is 0 Å². The molecule has 0 amide bonds. The molecule has 1 aromatic carbocycles. The zero-order valence-electron chi connectivity index (χ0n) is 11.9. The molecular weight excluding hydrogens is 240 g/mol. The number of likely N-dealkylation sites (N-methyl/N-ethyl adjacent to an activating group) is 2. The Morgan fingerprint density at radius 2 is 2.05 bits per heavy atom. The Labute approximate surface area is 114 Å². The highest BCUT2D eigenvalue weighted by atomic mass is 16.4. The molecule has 1 aliphatic carbocycles. The first kappa shape index (κ1) is 14.0. The first-order valence-electron chi connectivity index (χ1n) is 6.70. The van der Waals surface area contributed by atoms with E-state index >= 15 is 0 Å². The van der Waals surface area contributed by atoms with Crippen LogP contribution in [0.2, 0.25) is 0 Å². The van der Waals surface area contributed by atoms with E-state index in [0.29, 0.717) is 11.6 Å². The van der Waals surface area contributed by atoms with Crippen LogP contribution in [0.1, 0.15) is 33.9 Å². The molecule has 4 nitrogen and oxygen atoms in total. The first-order valence-corrected chi connectivity index (χ1v) is 6.70. The van der Waals surface area contributed by atoms with Crippen LogP contribution in [0.3, 0.4) is 0 Å². The summed E-state index contributed by atoms with van der Waals surface area (Å²) >= 11 is 0. The third kappa shape index (κ3) is 3.14. The molecule has 0 fully saturated rings. The van der Waals surface area contributed by atoms with Crippen LogP contribution < -0.4 is 0 Å². The van der Waals surface area contributed by atoms with Crippen molar-refractivity contribution in [3.05, 3.63) is 34.9 Å². The molecule has 1 aliphatic rings. The maximum absolute atomic E-state index is 11.0. The van der Waals surface area contributed by atoms with Crippen LogP contribution in [0.15, 0.2) is 18.2 Å². The highest BCUT2D eigenvalue weighted by Gasteiger charge is 2.26. The molecule has 1 aromatic rings. The normalized spacial score (nSPS) is 18.1. The van der Waals surface area contributed by atoms with Gasteiger partial charge in [-0.2, -0.15) is 0 Å². The topological polar surface area (TPSA) is 43.8 Å². The molecule has 0 saturated heterocycles. The number of carboxylic acids is 1. The number of hydrogen-bond acceptors (Lipinski definition) is 3. The van der Waals surface area contributed by atoms with E-state index in [2.05, 4.69) is 30.9 Å². The lowest BCUT2D eigenvalue weighted by Gasteiger charge is -2.26. The number of carbonyl (C=O) groups is 1. The van der Waals surface area contributed by atoms with Gasteiger partial charge in [-0.1, -0.05) is 6.07 Å². The summed E-state index contributed by atoms with van der Waals surface area (Å²) in [6.07, 6.45) is 2.07. The Morgan fingerprint density at radius 1 is 1.32 bits per heavy atom. The number of rotatable bonds is 5. The van der Waals surface area contributed by atoms with Gasteiger partial charge in [0.2, 0.25) is 0 Å². The number of aryl methyl sites for hydroxylation is 1. The van der Waals surface area contributed by atoms with Gasteiger partial charge in [0.05, 0.1) is 5.56 Å². The monoisotopic (exact) mass is 262 g/mol. The van der Waals surface area contributed by atoms with Gasteiger partial charge in [-0.3, -0.25) is 4.90 Å². The standard InChI is InChI=1S/C15H22N2O2/c1-16(2)8-9-17(3)14-7-5-11-10-12(15(18)19)4-6-13(11)14/h4,6,10,14H,5,7-9H2,1-3H3,(H,18,19)/t14-/m0/s1. The predicted octanol–water partition coefficient (Wildman–Crippen LogP) is 1.87. The van der Waals surface area contributed by atoms with Crippen LogP contribution in [0, 0.1) is 0 Å². The van der Waals surface area contributed by atoms with Gasteiger partial charge in [0, 0.05) is 19.1 Å². The Kier molecular flexibility index (Phi) is 4.22. The molecule has 4 heteroatoms. The molecule has 0 aromatic heterocycles. The van der Waals surface area contributed by atoms with E-state index in [1.807, 2.05) is 12.1 Å². The number of carboxylic acid groups (broad SMARTS) is 1. The molecule has 0 aliphatic heterocycles. The molecule has 1 N–H and O–H groups in total. The van der Waals surface area contributed by atoms with E-state index in [4.69, 9.17) is 5.11 Å². The average molecular weight is 262 g/mol. The molecule has 0 heterocycles. The zero-order valence-corrected chi connectivity index (χ0v) is 11.9. The number of hydrogen-bond donors (Lipinski definition) is 1. The summed E-state index contributed by atoms with van der Waals surface area (Å²) in [7, 11) is 6.31. The molecule has 0 spiro atoms. The van der Waals surface area contributed by atoms with Gasteiger partial charge in [0.25, 0.3) is 0 Å². The lowest BCUT2D eigenvalue weighted by Crippen LogP contribution is -2.31. The smallest absolute Gasteiger partial charge is 0.335 e. The summed E-state index contributed by atoms with van der Waals surface area (Å²) in [6, 6.07) is 5.97. The minimum atomic E-state index is -0.841. The zero-order chi connectivity index (χ0) is 14.0. The summed E-state index contributed by atoms with van der Waals surface area (Å²) in [5, 5.41) is 9.02. The van der Waals surface area contributed by atoms with Crippen molar-refractivity contribution in [3.63, 3.8) is 0 Å². The lowest BCUT2D eigenvalue weighted by molar-refractivity contribution is 0.0697. The maximum atomic E-state index is 11.0. The van der Waals surface area contributed by atoms with Crippen molar-refractivity contribution < 1.29 is 9.90 Å². The Bertz CT molecular complexity index is 471. The number of benzene rings is 1. The van der Waals surface area contributed by atoms with Crippen LogP contribution in [0.4, 0.5) is 0 Å². The highest BCUT2D eigenvalue weighted by Crippen LogP contribution is 2.35. The number of nitrogens with zero attached hydrogens (tertiary/aromatic N) is 2. The molecule has 0 saturated carbocycles. The molecular formula is C15H22N2O2. The van der Waals surface area contributed by atoms with Gasteiger partial charge in [-0.15, -0.1) is 0 Å². The second-order valence-corrected chi connectivity index (χ2v) is 5.56. The van der Waals surface area contributed by atoms with Crippen molar-refractivity contribution in [2.75, 3.05) is 34.2 Å². The first-order chi connectivity index (χ1) is 8.99. The molecule has 0 unspecified atom stereocenters. The van der Waals surface area contributed by atoms with Crippen LogP contribution in [0.5, 0.6) is 0 Å². The van der Waals surface area contributed by atoms with Crippen LogP contribution >= 0.6 is 0 Å². The Morgan fingerprint density at radius 3 is 2.68 bits per heavy atom. The second-order valence-electron chi connectivity index (χ2n) is 5.56. The van der Waals surface area contributed by atoms with Crippen molar-refractivity contribution in [1.82, 2.24) is 9.80 Å². The van der Waals surface area contributed by atoms with Crippen molar-refractivity contribution >= 4 is 5.97 Å². The minimum Gasteiger partial charge on any atom is -0.478 e. The van der Waals surface area contributed by atoms with Crippen molar-refractivity contribution in [1.29, 1.82) is 0 Å². The van der Waals surface area contributed by atoms with Gasteiger partial charge >= 0.3 is 5.97 Å². The fraction of sp³-hybridized carbons (Fsp3) is 0.533. The van der Waals surface area contributed by atoms with Gasteiger partial charge < -0.3 is 10.0 Å². The third-order valence-electron chi connectivity index (χ3n) is 3.87. The van der Waals surface area contributed by atoms with E-state index in [-0.39, 0.29) is 0 Å². The maximum Gasteiger partial charge on any atom is 0.335 e. The summed E-state index contributed by atoms with van der Waals surface area (Å²) in [6.45, 7) is 2.06. The fourth-order valence-corrected chi connectivity index (χ4v) is 2.70. The van der Waals surface area contributed by atoms with Crippen molar-refractivity contribution in [2.45, 2.75) is 18.9 Å². The molecule has 0 radical (unpaired) electrons. The van der Waals surface area contributed by atoms with Gasteiger partial charge in [0.15, 0.2) is 0 Å². The largest absolute Gasteiger partial charge is 0.478 e. The van der Waals surface area contributed by atoms with E-state index in [0.717, 1.165) is 25.9 Å². The highest BCUT2D eigenvalue weighted by molar-refractivity contribution is 5.88. The van der Waals surface area contributed by atoms with E-state index in [9.17, 15) is 4.79 Å². The summed E-state index contributed by atoms with van der Waals surface area (Å²) in [5.41, 5.74) is 2.89. The van der Waals surface area contributed by atoms with Crippen molar-refractivity contribution in [2.24, 2.45) is 0 Å². The summed E-state index contributed by atoms with van der Waals surface area (Å²) in [5.74, 6) is -0.841.